The van der Waals surface area contributed by atoms with Crippen molar-refractivity contribution in [3.05, 3.63) is 66.7 Å². The van der Waals surface area contributed by atoms with Crippen LogP contribution in [0.15, 0.2) is 66.7 Å². The van der Waals surface area contributed by atoms with Gasteiger partial charge in [-0.15, -0.1) is 0 Å². The predicted octanol–water partition coefficient (Wildman–Crippen LogP) is 5.48. The van der Waals surface area contributed by atoms with Gasteiger partial charge in [0, 0.05) is 36.9 Å². The first kappa shape index (κ1) is 16.6. The van der Waals surface area contributed by atoms with Gasteiger partial charge in [0.25, 0.3) is 0 Å². The Hall–Kier alpha value is -2.24. The molecule has 0 saturated carbocycles. The van der Waals surface area contributed by atoms with E-state index in [-0.39, 0.29) is 0 Å². The summed E-state index contributed by atoms with van der Waals surface area (Å²) in [6.45, 7) is 0. The summed E-state index contributed by atoms with van der Waals surface area (Å²) in [7, 11) is 1.67. The Labute approximate surface area is 152 Å². The van der Waals surface area contributed by atoms with Gasteiger partial charge in [-0.2, -0.15) is 0 Å². The zero-order valence-corrected chi connectivity index (χ0v) is 14.8. The van der Waals surface area contributed by atoms with Gasteiger partial charge < -0.3 is 13.1 Å². The molecular weight excluding hydrogens is 340 g/mol. The van der Waals surface area contributed by atoms with Crippen LogP contribution in [0.5, 0.6) is 17.2 Å². The SMILES string of the molecule is COc1ccc(-c2cc(OS)ccc2OS)cc1-c1ccccc1. The Balaban J connectivity index is 2.17. The van der Waals surface area contributed by atoms with Gasteiger partial charge in [-0.3, -0.25) is 0 Å². The Morgan fingerprint density at radius 1 is 0.667 bits per heavy atom. The van der Waals surface area contributed by atoms with Crippen molar-refractivity contribution in [2.45, 2.75) is 0 Å². The maximum absolute atomic E-state index is 5.51. The molecular formula is C19H16O3S2. The first-order valence-corrected chi connectivity index (χ1v) is 8.00. The molecule has 122 valence electrons. The first-order chi connectivity index (χ1) is 11.8. The van der Waals surface area contributed by atoms with Crippen molar-refractivity contribution in [1.29, 1.82) is 0 Å². The number of methoxy groups -OCH3 is 1. The minimum absolute atomic E-state index is 0.625. The normalized spacial score (nSPS) is 10.3. The fourth-order valence-corrected chi connectivity index (χ4v) is 2.86. The molecule has 0 aliphatic rings. The summed E-state index contributed by atoms with van der Waals surface area (Å²) in [6, 6.07) is 21.5. The van der Waals surface area contributed by atoms with E-state index >= 15 is 0 Å². The Morgan fingerprint density at radius 2 is 1.38 bits per heavy atom. The van der Waals surface area contributed by atoms with Crippen molar-refractivity contribution in [1.82, 2.24) is 0 Å². The van der Waals surface area contributed by atoms with E-state index in [1.54, 1.807) is 19.2 Å². The summed E-state index contributed by atoms with van der Waals surface area (Å²) < 4.78 is 15.7. The lowest BCUT2D eigenvalue weighted by molar-refractivity contribution is 0.416. The minimum atomic E-state index is 0.625. The Kier molecular flexibility index (Phi) is 5.23. The van der Waals surface area contributed by atoms with Crippen molar-refractivity contribution in [2.24, 2.45) is 0 Å². The fraction of sp³-hybridized carbons (Fsp3) is 0.0526. The van der Waals surface area contributed by atoms with E-state index in [1.807, 2.05) is 48.5 Å². The maximum atomic E-state index is 5.51. The highest BCUT2D eigenvalue weighted by Crippen LogP contribution is 2.39. The monoisotopic (exact) mass is 356 g/mol. The molecule has 0 saturated heterocycles. The first-order valence-electron chi connectivity index (χ1n) is 7.27. The van der Waals surface area contributed by atoms with Crippen LogP contribution in [-0.2, 0) is 0 Å². The molecule has 3 aromatic carbocycles. The quantitative estimate of drug-likeness (QED) is 0.468. The molecule has 0 bridgehead atoms. The number of ether oxygens (including phenoxy) is 1. The second-order valence-corrected chi connectivity index (χ2v) is 5.49. The largest absolute Gasteiger partial charge is 0.496 e. The van der Waals surface area contributed by atoms with Gasteiger partial charge in [-0.1, -0.05) is 36.4 Å². The third-order valence-electron chi connectivity index (χ3n) is 3.75. The van der Waals surface area contributed by atoms with Crippen molar-refractivity contribution in [3.8, 4) is 39.5 Å². The zero-order chi connectivity index (χ0) is 16.9. The topological polar surface area (TPSA) is 27.7 Å². The van der Waals surface area contributed by atoms with Crippen LogP contribution >= 0.6 is 25.8 Å². The molecule has 0 heterocycles. The lowest BCUT2D eigenvalue weighted by Crippen LogP contribution is -1.91. The molecule has 0 aliphatic carbocycles. The molecule has 0 radical (unpaired) electrons. The third kappa shape index (κ3) is 3.32. The minimum Gasteiger partial charge on any atom is -0.496 e. The molecule has 0 spiro atoms. The van der Waals surface area contributed by atoms with Crippen LogP contribution in [-0.4, -0.2) is 7.11 Å². The van der Waals surface area contributed by atoms with Crippen molar-refractivity contribution < 1.29 is 13.1 Å². The third-order valence-corrected chi connectivity index (χ3v) is 4.16. The summed E-state index contributed by atoms with van der Waals surface area (Å²) in [5.74, 6) is 2.07. The van der Waals surface area contributed by atoms with Crippen molar-refractivity contribution in [3.63, 3.8) is 0 Å². The van der Waals surface area contributed by atoms with Gasteiger partial charge >= 0.3 is 0 Å². The highest BCUT2D eigenvalue weighted by atomic mass is 32.1. The molecule has 0 unspecified atom stereocenters. The van der Waals surface area contributed by atoms with Crippen LogP contribution in [0.2, 0.25) is 0 Å². The maximum Gasteiger partial charge on any atom is 0.145 e. The molecule has 0 aliphatic heterocycles. The van der Waals surface area contributed by atoms with Gasteiger partial charge in [0.2, 0.25) is 0 Å². The van der Waals surface area contributed by atoms with Crippen LogP contribution in [0, 0.1) is 0 Å². The number of benzene rings is 3. The molecule has 3 rings (SSSR count). The van der Waals surface area contributed by atoms with Crippen LogP contribution in [0.25, 0.3) is 22.3 Å². The van der Waals surface area contributed by atoms with Crippen LogP contribution in [0.4, 0.5) is 0 Å². The van der Waals surface area contributed by atoms with E-state index < -0.39 is 0 Å². The Morgan fingerprint density at radius 3 is 2.04 bits per heavy atom. The van der Waals surface area contributed by atoms with Crippen LogP contribution in [0.3, 0.4) is 0 Å². The second-order valence-electron chi connectivity index (χ2n) is 5.12. The molecule has 3 aromatic rings. The molecule has 0 N–H and O–H groups in total. The fourth-order valence-electron chi connectivity index (χ4n) is 2.59. The van der Waals surface area contributed by atoms with E-state index in [0.29, 0.717) is 11.5 Å². The Bertz CT molecular complexity index is 835. The average molecular weight is 356 g/mol. The van der Waals surface area contributed by atoms with Crippen LogP contribution < -0.4 is 13.1 Å². The highest BCUT2D eigenvalue weighted by Gasteiger charge is 2.12. The van der Waals surface area contributed by atoms with E-state index in [4.69, 9.17) is 13.1 Å². The molecule has 0 fully saturated rings. The number of rotatable bonds is 5. The van der Waals surface area contributed by atoms with E-state index in [2.05, 4.69) is 31.9 Å². The molecule has 3 nitrogen and oxygen atoms in total. The van der Waals surface area contributed by atoms with Gasteiger partial charge in [0.1, 0.15) is 17.2 Å². The summed E-state index contributed by atoms with van der Waals surface area (Å²) in [5, 5.41) is 0. The summed E-state index contributed by atoms with van der Waals surface area (Å²) >= 11 is 7.81. The standard InChI is InChI=1S/C19H16O3S2/c1-20-18-9-7-14(11-16(18)13-5-3-2-4-6-13)17-12-15(21-23)8-10-19(17)22-24/h2-12,23-24H,1H3. The summed E-state index contributed by atoms with van der Waals surface area (Å²) in [5.41, 5.74) is 3.89. The van der Waals surface area contributed by atoms with Crippen molar-refractivity contribution >= 4 is 25.8 Å². The lowest BCUT2D eigenvalue weighted by Gasteiger charge is -2.13. The van der Waals surface area contributed by atoms with Crippen molar-refractivity contribution in [2.75, 3.05) is 7.11 Å². The van der Waals surface area contributed by atoms with Gasteiger partial charge in [-0.05, 0) is 41.5 Å². The van der Waals surface area contributed by atoms with Crippen LogP contribution in [0.1, 0.15) is 0 Å². The van der Waals surface area contributed by atoms with Gasteiger partial charge in [0.15, 0.2) is 0 Å². The predicted molar refractivity (Wildman–Crippen MR) is 103 cm³/mol. The smallest absolute Gasteiger partial charge is 0.145 e. The lowest BCUT2D eigenvalue weighted by atomic mass is 9.97. The van der Waals surface area contributed by atoms with E-state index in [1.165, 1.54) is 0 Å². The summed E-state index contributed by atoms with van der Waals surface area (Å²) in [6.07, 6.45) is 0. The molecule has 0 amide bonds. The molecule has 0 atom stereocenters. The number of hydrogen-bond donors (Lipinski definition) is 2. The number of thiol groups is 2. The zero-order valence-electron chi connectivity index (χ0n) is 13.0. The number of hydrogen-bond acceptors (Lipinski definition) is 5. The van der Waals surface area contributed by atoms with E-state index in [9.17, 15) is 0 Å². The average Bonchev–Trinajstić information content (AvgIpc) is 2.67. The summed E-state index contributed by atoms with van der Waals surface area (Å²) in [4.78, 5) is 0. The van der Waals surface area contributed by atoms with Gasteiger partial charge in [0.05, 0.1) is 7.11 Å². The molecule has 24 heavy (non-hydrogen) atoms. The van der Waals surface area contributed by atoms with E-state index in [0.717, 1.165) is 28.0 Å². The highest BCUT2D eigenvalue weighted by molar-refractivity contribution is 7.75. The van der Waals surface area contributed by atoms with Gasteiger partial charge in [-0.25, -0.2) is 0 Å². The molecule has 0 aromatic heterocycles. The molecule has 5 heteroatoms. The second kappa shape index (κ2) is 7.55.